The van der Waals surface area contributed by atoms with E-state index in [1.807, 2.05) is 12.1 Å². The molecule has 0 spiro atoms. The summed E-state index contributed by atoms with van der Waals surface area (Å²) < 4.78 is 12.1. The van der Waals surface area contributed by atoms with E-state index in [9.17, 15) is 19.7 Å². The largest absolute Gasteiger partial charge is 0.497 e. The smallest absolute Gasteiger partial charge is 0.340 e. The van der Waals surface area contributed by atoms with Gasteiger partial charge in [0.05, 0.1) is 40.9 Å². The van der Waals surface area contributed by atoms with E-state index < -0.39 is 16.7 Å². The number of ketones is 1. The molecule has 2 heterocycles. The Morgan fingerprint density at radius 2 is 1.81 bits per heavy atom. The number of rotatable bonds is 6. The van der Waals surface area contributed by atoms with Gasteiger partial charge in [-0.05, 0) is 37.3 Å². The fourth-order valence-electron chi connectivity index (χ4n) is 3.56. The van der Waals surface area contributed by atoms with Crippen LogP contribution < -0.4 is 4.74 Å². The van der Waals surface area contributed by atoms with Gasteiger partial charge in [-0.2, -0.15) is 0 Å². The Kier molecular flexibility index (Phi) is 5.12. The molecule has 0 atom stereocenters. The minimum Gasteiger partial charge on any atom is -0.497 e. The van der Waals surface area contributed by atoms with Crippen LogP contribution in [0, 0.1) is 10.1 Å². The molecule has 8 nitrogen and oxygen atoms in total. The first kappa shape index (κ1) is 20.1. The lowest BCUT2D eigenvalue weighted by Gasteiger charge is -2.09. The monoisotopic (exact) mass is 418 g/mol. The van der Waals surface area contributed by atoms with Gasteiger partial charge in [0.1, 0.15) is 5.75 Å². The van der Waals surface area contributed by atoms with E-state index in [0.29, 0.717) is 16.8 Å². The molecule has 0 radical (unpaired) electrons. The lowest BCUT2D eigenvalue weighted by atomic mass is 10.1. The molecule has 0 aliphatic carbocycles. The molecule has 0 aliphatic heterocycles. The van der Waals surface area contributed by atoms with Crippen LogP contribution in [0.4, 0.5) is 5.69 Å². The highest BCUT2D eigenvalue weighted by Gasteiger charge is 2.23. The maximum Gasteiger partial charge on any atom is 0.340 e. The number of carbonyl (C=O) groups is 2. The van der Waals surface area contributed by atoms with Gasteiger partial charge < -0.3 is 13.9 Å². The third-order valence-corrected chi connectivity index (χ3v) is 4.98. The summed E-state index contributed by atoms with van der Waals surface area (Å²) >= 11 is 0. The molecule has 0 amide bonds. The Labute approximate surface area is 176 Å². The molecule has 0 saturated heterocycles. The number of methoxy groups -OCH3 is 1. The number of ether oxygens (including phenoxy) is 2. The van der Waals surface area contributed by atoms with Crippen LogP contribution in [0.1, 0.15) is 33.3 Å². The molecule has 0 fully saturated rings. The predicted molar refractivity (Wildman–Crippen MR) is 114 cm³/mol. The van der Waals surface area contributed by atoms with Gasteiger partial charge in [-0.15, -0.1) is 0 Å². The molecular weight excluding hydrogens is 400 g/mol. The van der Waals surface area contributed by atoms with E-state index in [4.69, 9.17) is 9.47 Å². The lowest BCUT2D eigenvalue weighted by Crippen LogP contribution is -2.06. The van der Waals surface area contributed by atoms with E-state index in [1.165, 1.54) is 30.3 Å². The van der Waals surface area contributed by atoms with Gasteiger partial charge in [0.15, 0.2) is 0 Å². The molecule has 2 aromatic carbocycles. The number of non-ortho nitro benzene ring substituents is 1. The van der Waals surface area contributed by atoms with Crippen LogP contribution in [0.15, 0.2) is 60.7 Å². The highest BCUT2D eigenvalue weighted by molar-refractivity contribution is 6.12. The number of carbonyl (C=O) groups excluding carboxylic acids is 2. The molecule has 0 aliphatic rings. The highest BCUT2D eigenvalue weighted by Crippen LogP contribution is 2.29. The highest BCUT2D eigenvalue weighted by atomic mass is 16.6. The van der Waals surface area contributed by atoms with Gasteiger partial charge in [-0.3, -0.25) is 14.9 Å². The second kappa shape index (κ2) is 7.91. The zero-order chi connectivity index (χ0) is 22.1. The van der Waals surface area contributed by atoms with Crippen molar-refractivity contribution in [1.82, 2.24) is 4.40 Å². The van der Waals surface area contributed by atoms with Gasteiger partial charge in [0.25, 0.3) is 5.69 Å². The number of hydrogen-bond acceptors (Lipinski definition) is 6. The fourth-order valence-corrected chi connectivity index (χ4v) is 3.56. The molecule has 4 aromatic rings. The van der Waals surface area contributed by atoms with E-state index in [0.717, 1.165) is 5.39 Å². The molecule has 31 heavy (non-hydrogen) atoms. The van der Waals surface area contributed by atoms with Crippen LogP contribution in [0.2, 0.25) is 0 Å². The van der Waals surface area contributed by atoms with Crippen molar-refractivity contribution in [3.05, 3.63) is 87.6 Å². The van der Waals surface area contributed by atoms with Crippen molar-refractivity contribution in [2.75, 3.05) is 13.7 Å². The number of nitro benzene ring substituents is 1. The summed E-state index contributed by atoms with van der Waals surface area (Å²) in [5.41, 5.74) is 1.59. The first-order valence-electron chi connectivity index (χ1n) is 9.53. The number of nitro groups is 1. The summed E-state index contributed by atoms with van der Waals surface area (Å²) in [5, 5.41) is 11.9. The van der Waals surface area contributed by atoms with Crippen molar-refractivity contribution in [3.63, 3.8) is 0 Å². The maximum absolute atomic E-state index is 13.4. The van der Waals surface area contributed by atoms with Crippen LogP contribution in [-0.4, -0.2) is 34.8 Å². The van der Waals surface area contributed by atoms with Crippen molar-refractivity contribution < 1.29 is 24.0 Å². The van der Waals surface area contributed by atoms with Gasteiger partial charge in [-0.1, -0.05) is 18.2 Å². The summed E-state index contributed by atoms with van der Waals surface area (Å²) in [6, 6.07) is 15.9. The average Bonchev–Trinajstić information content (AvgIpc) is 3.18. The third-order valence-electron chi connectivity index (χ3n) is 4.98. The molecule has 0 saturated carbocycles. The van der Waals surface area contributed by atoms with Crippen molar-refractivity contribution in [3.8, 4) is 5.75 Å². The van der Waals surface area contributed by atoms with E-state index >= 15 is 0 Å². The first-order chi connectivity index (χ1) is 14.9. The summed E-state index contributed by atoms with van der Waals surface area (Å²) in [4.78, 5) is 36.5. The van der Waals surface area contributed by atoms with Gasteiger partial charge in [0.2, 0.25) is 5.78 Å². The normalized spacial score (nSPS) is 10.9. The molecule has 156 valence electrons. The number of benzene rings is 2. The Morgan fingerprint density at radius 3 is 2.52 bits per heavy atom. The molecule has 4 rings (SSSR count). The summed E-state index contributed by atoms with van der Waals surface area (Å²) in [6.45, 7) is 1.89. The number of esters is 1. The minimum atomic E-state index is -0.557. The SMILES string of the molecule is CCOC(=O)c1cc(C(=O)c2cccc([N+](=O)[O-])c2)n2c1ccc1cc(OC)ccc12. The zero-order valence-corrected chi connectivity index (χ0v) is 16.8. The van der Waals surface area contributed by atoms with Crippen LogP contribution in [0.5, 0.6) is 5.75 Å². The third kappa shape index (κ3) is 3.48. The summed E-state index contributed by atoms with van der Waals surface area (Å²) in [7, 11) is 1.56. The quantitative estimate of drug-likeness (QED) is 0.199. The van der Waals surface area contributed by atoms with E-state index in [1.54, 1.807) is 36.6 Å². The number of hydrogen-bond donors (Lipinski definition) is 0. The van der Waals surface area contributed by atoms with Crippen LogP contribution in [-0.2, 0) is 4.74 Å². The van der Waals surface area contributed by atoms with Gasteiger partial charge >= 0.3 is 5.97 Å². The lowest BCUT2D eigenvalue weighted by molar-refractivity contribution is -0.384. The zero-order valence-electron chi connectivity index (χ0n) is 16.8. The Morgan fingerprint density at radius 1 is 1.03 bits per heavy atom. The van der Waals surface area contributed by atoms with Crippen molar-refractivity contribution in [2.24, 2.45) is 0 Å². The standard InChI is InChI=1S/C23H18N2O6/c1-3-31-23(27)18-13-21(22(26)15-5-4-6-16(11-15)25(28)29)24-19-10-8-17(30-2)12-14(19)7-9-20(18)24/h4-13H,3H2,1-2H3. The average molecular weight is 418 g/mol. The molecule has 0 bridgehead atoms. The molecule has 0 N–H and O–H groups in total. The Hall–Kier alpha value is -4.20. The summed E-state index contributed by atoms with van der Waals surface area (Å²) in [6.07, 6.45) is 0. The van der Waals surface area contributed by atoms with E-state index in [-0.39, 0.29) is 29.1 Å². The van der Waals surface area contributed by atoms with E-state index in [2.05, 4.69) is 0 Å². The fraction of sp³-hybridized carbons (Fsp3) is 0.130. The maximum atomic E-state index is 13.4. The topological polar surface area (TPSA) is 100 Å². The minimum absolute atomic E-state index is 0.148. The molecule has 0 unspecified atom stereocenters. The van der Waals surface area contributed by atoms with Crippen molar-refractivity contribution in [2.45, 2.75) is 6.92 Å². The van der Waals surface area contributed by atoms with Crippen LogP contribution >= 0.6 is 0 Å². The Bertz CT molecular complexity index is 1360. The van der Waals surface area contributed by atoms with Crippen molar-refractivity contribution in [1.29, 1.82) is 0 Å². The predicted octanol–water partition coefficient (Wildman–Crippen LogP) is 4.42. The second-order valence-corrected chi connectivity index (χ2v) is 6.78. The van der Waals surface area contributed by atoms with Gasteiger partial charge in [0, 0.05) is 23.1 Å². The van der Waals surface area contributed by atoms with Gasteiger partial charge in [-0.25, -0.2) is 4.79 Å². The van der Waals surface area contributed by atoms with Crippen molar-refractivity contribution >= 4 is 33.9 Å². The van der Waals surface area contributed by atoms with Crippen LogP contribution in [0.3, 0.4) is 0 Å². The number of aromatic nitrogens is 1. The first-order valence-corrected chi connectivity index (χ1v) is 9.53. The number of pyridine rings is 1. The number of fused-ring (bicyclic) bond motifs is 3. The van der Waals surface area contributed by atoms with Crippen LogP contribution in [0.25, 0.3) is 16.4 Å². The summed E-state index contributed by atoms with van der Waals surface area (Å²) in [5.74, 6) is -0.347. The Balaban J connectivity index is 1.99. The molecule has 2 aromatic heterocycles. The second-order valence-electron chi connectivity index (χ2n) is 6.78. The number of nitrogens with zero attached hydrogens (tertiary/aromatic N) is 2. The molecule has 8 heteroatoms. The molecular formula is C23H18N2O6.